The summed E-state index contributed by atoms with van der Waals surface area (Å²) in [6, 6.07) is 0. The summed E-state index contributed by atoms with van der Waals surface area (Å²) in [5.74, 6) is -0.355. The van der Waals surface area contributed by atoms with Crippen LogP contribution in [0.3, 0.4) is 0 Å². The largest absolute Gasteiger partial charge is 0.472 e. The molecule has 0 fully saturated rings. The van der Waals surface area contributed by atoms with E-state index >= 15 is 0 Å². The molecule has 1 N–H and O–H groups in total. The maximum absolute atomic E-state index is 12.8. The molecule has 67 heavy (non-hydrogen) atoms. The van der Waals surface area contributed by atoms with E-state index in [9.17, 15) is 14.3 Å². The number of carbonyl (C=O) groups is 1. The van der Waals surface area contributed by atoms with E-state index in [4.69, 9.17) is 18.5 Å². The van der Waals surface area contributed by atoms with Gasteiger partial charge in [-0.15, -0.1) is 0 Å². The number of esters is 1. The molecule has 0 saturated heterocycles. The number of likely N-dealkylation sites (N-methyl/N-ethyl adjacent to an activating group) is 1. The monoisotopic (exact) mass is 951 g/mol. The van der Waals surface area contributed by atoms with Crippen LogP contribution in [0.1, 0.15) is 168 Å². The molecular weight excluding hydrogens is 854 g/mol. The molecule has 9 heteroatoms. The molecule has 0 aliphatic carbocycles. The van der Waals surface area contributed by atoms with E-state index in [1.54, 1.807) is 0 Å². The molecule has 0 aromatic carbocycles. The Labute approximate surface area is 411 Å². The average Bonchev–Trinajstić information content (AvgIpc) is 3.29. The highest BCUT2D eigenvalue weighted by molar-refractivity contribution is 7.47. The van der Waals surface area contributed by atoms with Crippen LogP contribution in [0.25, 0.3) is 0 Å². The molecule has 0 bridgehead atoms. The van der Waals surface area contributed by atoms with E-state index in [1.807, 2.05) is 21.1 Å². The standard InChI is InChI=1S/C58H96NO7P/c1-6-8-10-12-14-16-18-20-22-24-26-27-28-29-30-31-32-34-36-38-40-42-44-46-48-50-53-63-55-57(56-65-67(61,62)64-54-52-59(3,4)5)66-58(60)51-49-47-45-43-41-39-37-35-33-25-23-21-19-17-15-13-11-9-7-2/h8-11,14-17,20-23,26-27,29-30,32-35,39,41,57H,6-7,12-13,18-19,24-25,28,31,36-38,40,42-56H2,1-5H3/p+1/b10-8-,11-9-,16-14-,17-15-,22-20-,23-21-,27-26-,30-29-,34-32-,35-33-,41-39-. The minimum Gasteiger partial charge on any atom is -0.457 e. The fourth-order valence-electron chi connectivity index (χ4n) is 6.29. The van der Waals surface area contributed by atoms with Crippen LogP contribution in [0.15, 0.2) is 134 Å². The third-order valence-electron chi connectivity index (χ3n) is 10.2. The Balaban J connectivity index is 4.26. The van der Waals surface area contributed by atoms with Gasteiger partial charge < -0.3 is 18.9 Å². The van der Waals surface area contributed by atoms with Crippen LogP contribution >= 0.6 is 7.82 Å². The Morgan fingerprint density at radius 2 is 0.821 bits per heavy atom. The van der Waals surface area contributed by atoms with Gasteiger partial charge in [0.25, 0.3) is 0 Å². The number of ether oxygens (including phenoxy) is 2. The smallest absolute Gasteiger partial charge is 0.457 e. The Kier molecular flexibility index (Phi) is 46.6. The van der Waals surface area contributed by atoms with Gasteiger partial charge in [-0.1, -0.05) is 186 Å². The van der Waals surface area contributed by atoms with Crippen molar-refractivity contribution in [3.63, 3.8) is 0 Å². The van der Waals surface area contributed by atoms with Gasteiger partial charge in [0.15, 0.2) is 0 Å². The Morgan fingerprint density at radius 3 is 1.22 bits per heavy atom. The minimum absolute atomic E-state index is 0.0708. The van der Waals surface area contributed by atoms with Crippen molar-refractivity contribution < 1.29 is 37.3 Å². The van der Waals surface area contributed by atoms with Crippen molar-refractivity contribution in [2.45, 2.75) is 174 Å². The van der Waals surface area contributed by atoms with E-state index in [-0.39, 0.29) is 32.2 Å². The van der Waals surface area contributed by atoms with Crippen LogP contribution in [0.4, 0.5) is 0 Å². The number of quaternary nitrogens is 1. The lowest BCUT2D eigenvalue weighted by Crippen LogP contribution is -2.37. The van der Waals surface area contributed by atoms with E-state index in [1.165, 1.54) is 25.7 Å². The Bertz CT molecular complexity index is 1520. The molecule has 0 amide bonds. The lowest BCUT2D eigenvalue weighted by atomic mass is 10.1. The molecule has 8 nitrogen and oxygen atoms in total. The first-order valence-electron chi connectivity index (χ1n) is 25.9. The molecule has 2 unspecified atom stereocenters. The molecule has 380 valence electrons. The van der Waals surface area contributed by atoms with E-state index < -0.39 is 13.9 Å². The molecule has 0 aromatic rings. The van der Waals surface area contributed by atoms with Crippen LogP contribution in [-0.4, -0.2) is 75.6 Å². The van der Waals surface area contributed by atoms with E-state index in [0.717, 1.165) is 116 Å². The molecule has 0 aliphatic rings. The molecular formula is C58H97NO7P+. The van der Waals surface area contributed by atoms with Crippen molar-refractivity contribution in [1.29, 1.82) is 0 Å². The summed E-state index contributed by atoms with van der Waals surface area (Å²) >= 11 is 0. The first kappa shape index (κ1) is 63.6. The predicted octanol–water partition coefficient (Wildman–Crippen LogP) is 16.3. The zero-order valence-corrected chi connectivity index (χ0v) is 44.0. The Morgan fingerprint density at radius 1 is 0.463 bits per heavy atom. The van der Waals surface area contributed by atoms with Gasteiger partial charge in [0.1, 0.15) is 19.3 Å². The number of phosphoric ester groups is 1. The van der Waals surface area contributed by atoms with Crippen LogP contribution < -0.4 is 0 Å². The second kappa shape index (κ2) is 49.1. The van der Waals surface area contributed by atoms with E-state index in [0.29, 0.717) is 24.1 Å². The van der Waals surface area contributed by atoms with Gasteiger partial charge in [-0.3, -0.25) is 13.8 Å². The number of carbonyl (C=O) groups excluding carboxylic acids is 1. The van der Waals surface area contributed by atoms with Crippen molar-refractivity contribution in [2.75, 3.05) is 54.1 Å². The number of rotatable bonds is 46. The average molecular weight is 951 g/mol. The van der Waals surface area contributed by atoms with Gasteiger partial charge in [0.2, 0.25) is 0 Å². The van der Waals surface area contributed by atoms with Crippen molar-refractivity contribution in [1.82, 2.24) is 0 Å². The molecule has 0 spiro atoms. The van der Waals surface area contributed by atoms with Gasteiger partial charge in [0.05, 0.1) is 34.4 Å². The molecule has 0 aromatic heterocycles. The molecule has 0 saturated carbocycles. The van der Waals surface area contributed by atoms with Crippen molar-refractivity contribution in [2.24, 2.45) is 0 Å². The van der Waals surface area contributed by atoms with Crippen LogP contribution in [0.5, 0.6) is 0 Å². The summed E-state index contributed by atoms with van der Waals surface area (Å²) in [5.41, 5.74) is 0. The minimum atomic E-state index is -4.31. The van der Waals surface area contributed by atoms with Gasteiger partial charge >= 0.3 is 13.8 Å². The van der Waals surface area contributed by atoms with Crippen LogP contribution in [0, 0.1) is 0 Å². The number of nitrogens with zero attached hydrogens (tertiary/aromatic N) is 1. The number of phosphoric acid groups is 1. The normalized spacial score (nSPS) is 14.7. The van der Waals surface area contributed by atoms with Gasteiger partial charge in [-0.05, 0) is 109 Å². The fraction of sp³-hybridized carbons (Fsp3) is 0.603. The quantitative estimate of drug-likeness (QED) is 0.0214. The second-order valence-electron chi connectivity index (χ2n) is 17.8. The maximum Gasteiger partial charge on any atom is 0.472 e. The molecule has 0 radical (unpaired) electrons. The van der Waals surface area contributed by atoms with Crippen molar-refractivity contribution in [3.8, 4) is 0 Å². The predicted molar refractivity (Wildman–Crippen MR) is 288 cm³/mol. The summed E-state index contributed by atoms with van der Waals surface area (Å²) in [4.78, 5) is 23.0. The maximum atomic E-state index is 12.8. The topological polar surface area (TPSA) is 91.3 Å². The molecule has 2 atom stereocenters. The summed E-state index contributed by atoms with van der Waals surface area (Å²) in [5, 5.41) is 0. The second-order valence-corrected chi connectivity index (χ2v) is 19.2. The summed E-state index contributed by atoms with van der Waals surface area (Å²) in [6.07, 6.45) is 72.2. The lowest BCUT2D eigenvalue weighted by Gasteiger charge is -2.24. The number of allylic oxidation sites excluding steroid dienone is 22. The highest BCUT2D eigenvalue weighted by atomic mass is 31.2. The van der Waals surface area contributed by atoms with E-state index in [2.05, 4.69) is 148 Å². The SMILES string of the molecule is CC/C=C\C/C=C\C/C=C\C/C=C\C/C=C\C/C=C\CCCCCCCCCOCC(COP(=O)(O)OCC[N+](C)(C)C)OC(=O)CCCCC/C=C\C/C=C\C/C=C\C/C=C\C/C=C\CC. The van der Waals surface area contributed by atoms with Crippen molar-refractivity contribution in [3.05, 3.63) is 134 Å². The lowest BCUT2D eigenvalue weighted by molar-refractivity contribution is -0.870. The molecule has 0 rings (SSSR count). The Hall–Kier alpha value is -3.36. The summed E-state index contributed by atoms with van der Waals surface area (Å²) < 4.78 is 35.1. The first-order chi connectivity index (χ1) is 32.6. The number of unbranched alkanes of at least 4 members (excludes halogenated alkanes) is 10. The molecule has 0 aliphatic heterocycles. The highest BCUT2D eigenvalue weighted by Gasteiger charge is 2.26. The van der Waals surface area contributed by atoms with Crippen molar-refractivity contribution >= 4 is 13.8 Å². The molecule has 0 heterocycles. The van der Waals surface area contributed by atoms with Gasteiger partial charge in [0, 0.05) is 13.0 Å². The first-order valence-corrected chi connectivity index (χ1v) is 27.4. The zero-order valence-electron chi connectivity index (χ0n) is 43.1. The number of hydrogen-bond acceptors (Lipinski definition) is 6. The third-order valence-corrected chi connectivity index (χ3v) is 11.2. The van der Waals surface area contributed by atoms with Crippen LogP contribution in [-0.2, 0) is 27.9 Å². The third kappa shape index (κ3) is 53.5. The zero-order chi connectivity index (χ0) is 49.0. The number of hydrogen-bond donors (Lipinski definition) is 1. The van der Waals surface area contributed by atoms with Crippen LogP contribution in [0.2, 0.25) is 0 Å². The van der Waals surface area contributed by atoms with Gasteiger partial charge in [-0.25, -0.2) is 4.57 Å². The summed E-state index contributed by atoms with van der Waals surface area (Å²) in [7, 11) is 1.61. The summed E-state index contributed by atoms with van der Waals surface area (Å²) in [6.45, 7) is 5.28. The fourth-order valence-corrected chi connectivity index (χ4v) is 7.03. The highest BCUT2D eigenvalue weighted by Crippen LogP contribution is 2.43. The van der Waals surface area contributed by atoms with Gasteiger partial charge in [-0.2, -0.15) is 0 Å².